The van der Waals surface area contributed by atoms with E-state index in [-0.39, 0.29) is 0 Å². The Hall–Kier alpha value is -0.0800. The van der Waals surface area contributed by atoms with Crippen LogP contribution in [0.5, 0.6) is 0 Å². The zero-order valence-corrected chi connectivity index (χ0v) is 14.1. The van der Waals surface area contributed by atoms with Crippen molar-refractivity contribution >= 4 is 0 Å². The van der Waals surface area contributed by atoms with E-state index in [0.29, 0.717) is 0 Å². The molecule has 2 heteroatoms. The largest absolute Gasteiger partial charge is 0.314 e. The Morgan fingerprint density at radius 2 is 1.76 bits per heavy atom. The molecule has 0 aromatic heterocycles. The first-order valence-electron chi connectivity index (χ1n) is 9.70. The Morgan fingerprint density at radius 3 is 2.33 bits per heavy atom. The molecule has 0 aromatic rings. The van der Waals surface area contributed by atoms with Crippen LogP contribution in [0, 0.1) is 23.7 Å². The summed E-state index contributed by atoms with van der Waals surface area (Å²) in [6.07, 6.45) is 13.6. The van der Waals surface area contributed by atoms with E-state index in [1.807, 2.05) is 0 Å². The summed E-state index contributed by atoms with van der Waals surface area (Å²) in [6, 6.07) is 2.61. The van der Waals surface area contributed by atoms with Gasteiger partial charge in [-0.1, -0.05) is 13.3 Å². The lowest BCUT2D eigenvalue weighted by Crippen LogP contribution is -2.47. The summed E-state index contributed by atoms with van der Waals surface area (Å²) in [4.78, 5) is 2.69. The quantitative estimate of drug-likeness (QED) is 0.831. The molecule has 0 amide bonds. The van der Waals surface area contributed by atoms with E-state index in [4.69, 9.17) is 0 Å². The highest BCUT2D eigenvalue weighted by molar-refractivity contribution is 4.99. The van der Waals surface area contributed by atoms with Crippen molar-refractivity contribution in [2.45, 2.75) is 82.8 Å². The third-order valence-electron chi connectivity index (χ3n) is 7.61. The minimum atomic E-state index is 0.816. The van der Waals surface area contributed by atoms with Crippen LogP contribution in [0.1, 0.15) is 64.7 Å². The van der Waals surface area contributed by atoms with Gasteiger partial charge in [0.25, 0.3) is 0 Å². The van der Waals surface area contributed by atoms with Gasteiger partial charge in [-0.2, -0.15) is 0 Å². The van der Waals surface area contributed by atoms with E-state index in [1.54, 1.807) is 25.7 Å². The van der Waals surface area contributed by atoms with Crippen LogP contribution in [0.25, 0.3) is 0 Å². The van der Waals surface area contributed by atoms with Gasteiger partial charge in [0, 0.05) is 18.1 Å². The van der Waals surface area contributed by atoms with Crippen molar-refractivity contribution in [2.75, 3.05) is 13.6 Å². The molecule has 6 atom stereocenters. The number of hydrogen-bond acceptors (Lipinski definition) is 2. The van der Waals surface area contributed by atoms with Crippen LogP contribution in [-0.4, -0.2) is 36.6 Å². The Kier molecular flexibility index (Phi) is 4.04. The maximum Gasteiger partial charge on any atom is 0.00991 e. The lowest BCUT2D eigenvalue weighted by atomic mass is 9.77. The van der Waals surface area contributed by atoms with E-state index in [0.717, 1.165) is 48.3 Å². The number of fused-ring (bicyclic) bond motifs is 4. The number of nitrogens with one attached hydrogen (secondary N) is 1. The molecule has 1 N–H and O–H groups in total. The van der Waals surface area contributed by atoms with Crippen LogP contribution in [0.4, 0.5) is 0 Å². The molecule has 2 nitrogen and oxygen atoms in total. The third kappa shape index (κ3) is 2.67. The molecule has 0 aromatic carbocycles. The lowest BCUT2D eigenvalue weighted by Gasteiger charge is -2.41. The second-order valence-corrected chi connectivity index (χ2v) is 8.62. The van der Waals surface area contributed by atoms with Crippen LogP contribution < -0.4 is 5.32 Å². The molecular weight excluding hydrogens is 256 g/mol. The Bertz CT molecular complexity index is 355. The first-order chi connectivity index (χ1) is 10.2. The van der Waals surface area contributed by atoms with Gasteiger partial charge in [0.2, 0.25) is 0 Å². The highest BCUT2D eigenvalue weighted by atomic mass is 15.2. The molecule has 2 aliphatic heterocycles. The predicted molar refractivity (Wildman–Crippen MR) is 88.3 cm³/mol. The van der Waals surface area contributed by atoms with Gasteiger partial charge in [-0.15, -0.1) is 0 Å². The molecule has 0 radical (unpaired) electrons. The summed E-state index contributed by atoms with van der Waals surface area (Å²) in [5, 5.41) is 3.90. The van der Waals surface area contributed by atoms with Crippen LogP contribution in [-0.2, 0) is 0 Å². The summed E-state index contributed by atoms with van der Waals surface area (Å²) in [5.74, 6) is 4.22. The van der Waals surface area contributed by atoms with Crippen molar-refractivity contribution in [1.29, 1.82) is 0 Å². The van der Waals surface area contributed by atoms with Gasteiger partial charge in [-0.25, -0.2) is 0 Å². The molecule has 4 fully saturated rings. The topological polar surface area (TPSA) is 15.3 Å². The van der Waals surface area contributed by atoms with Gasteiger partial charge >= 0.3 is 0 Å². The van der Waals surface area contributed by atoms with E-state index in [2.05, 4.69) is 24.2 Å². The zero-order valence-electron chi connectivity index (χ0n) is 14.1. The fourth-order valence-electron chi connectivity index (χ4n) is 6.48. The van der Waals surface area contributed by atoms with E-state index in [1.165, 1.54) is 32.1 Å². The van der Waals surface area contributed by atoms with Crippen molar-refractivity contribution < 1.29 is 0 Å². The maximum atomic E-state index is 3.90. The van der Waals surface area contributed by atoms with Gasteiger partial charge in [0.15, 0.2) is 0 Å². The molecule has 21 heavy (non-hydrogen) atoms. The van der Waals surface area contributed by atoms with Crippen molar-refractivity contribution in [3.63, 3.8) is 0 Å². The average Bonchev–Trinajstić information content (AvgIpc) is 3.12. The van der Waals surface area contributed by atoms with Gasteiger partial charge in [0.1, 0.15) is 0 Å². The van der Waals surface area contributed by atoms with Crippen molar-refractivity contribution in [1.82, 2.24) is 10.2 Å². The summed E-state index contributed by atoms with van der Waals surface area (Å²) < 4.78 is 0. The predicted octanol–water partition coefficient (Wildman–Crippen LogP) is 3.66. The average molecular weight is 290 g/mol. The number of rotatable bonds is 5. The fraction of sp³-hybridized carbons (Fsp3) is 1.00. The van der Waals surface area contributed by atoms with Crippen molar-refractivity contribution in [3.05, 3.63) is 0 Å². The number of piperidine rings is 1. The molecule has 0 spiro atoms. The highest BCUT2D eigenvalue weighted by Crippen LogP contribution is 2.51. The van der Waals surface area contributed by atoms with E-state index < -0.39 is 0 Å². The number of nitrogens with zero attached hydrogens (tertiary/aromatic N) is 1. The normalized spacial score (nSPS) is 47.1. The molecule has 120 valence electrons. The molecule has 2 heterocycles. The minimum absolute atomic E-state index is 0.816. The summed E-state index contributed by atoms with van der Waals surface area (Å²) in [7, 11) is 2.37. The molecular formula is C19H34N2. The van der Waals surface area contributed by atoms with E-state index in [9.17, 15) is 0 Å². The van der Waals surface area contributed by atoms with Crippen LogP contribution in [0.2, 0.25) is 0 Å². The van der Waals surface area contributed by atoms with Gasteiger partial charge in [-0.05, 0) is 88.6 Å². The Balaban J connectivity index is 1.40. The van der Waals surface area contributed by atoms with Gasteiger partial charge < -0.3 is 10.2 Å². The van der Waals surface area contributed by atoms with Crippen LogP contribution in [0.3, 0.4) is 0 Å². The third-order valence-corrected chi connectivity index (χ3v) is 7.61. The van der Waals surface area contributed by atoms with Crippen molar-refractivity contribution in [3.8, 4) is 0 Å². The fourth-order valence-corrected chi connectivity index (χ4v) is 6.48. The van der Waals surface area contributed by atoms with Gasteiger partial charge in [0.05, 0.1) is 0 Å². The lowest BCUT2D eigenvalue weighted by molar-refractivity contribution is 0.101. The van der Waals surface area contributed by atoms with Gasteiger partial charge in [-0.3, -0.25) is 0 Å². The summed E-state index contributed by atoms with van der Waals surface area (Å²) in [5.41, 5.74) is 0. The standard InChI is InChI=1S/C19H34N2/c1-3-20-19(12-15-9-13-4-5-14(15)8-13)16-10-17-6-7-18(11-16)21(17)2/h13-20H,3-12H2,1-2H3. The molecule has 4 aliphatic rings. The molecule has 4 rings (SSSR count). The monoisotopic (exact) mass is 290 g/mol. The summed E-state index contributed by atoms with van der Waals surface area (Å²) in [6.45, 7) is 3.46. The summed E-state index contributed by atoms with van der Waals surface area (Å²) >= 11 is 0. The highest BCUT2D eigenvalue weighted by Gasteiger charge is 2.44. The first-order valence-corrected chi connectivity index (χ1v) is 9.70. The second kappa shape index (κ2) is 5.85. The number of hydrogen-bond donors (Lipinski definition) is 1. The molecule has 4 bridgehead atoms. The first kappa shape index (κ1) is 14.5. The molecule has 6 unspecified atom stereocenters. The molecule has 2 saturated heterocycles. The second-order valence-electron chi connectivity index (χ2n) is 8.62. The van der Waals surface area contributed by atoms with Crippen LogP contribution in [0.15, 0.2) is 0 Å². The van der Waals surface area contributed by atoms with Crippen LogP contribution >= 0.6 is 0 Å². The smallest absolute Gasteiger partial charge is 0.00991 e. The maximum absolute atomic E-state index is 3.90. The SMILES string of the molecule is CCNC(CC1CC2CCC1C2)C1CC2CCC(C1)N2C. The molecule has 2 saturated carbocycles. The molecule has 2 aliphatic carbocycles. The zero-order chi connectivity index (χ0) is 14.4. The van der Waals surface area contributed by atoms with E-state index >= 15 is 0 Å². The van der Waals surface area contributed by atoms with Crippen molar-refractivity contribution in [2.24, 2.45) is 23.7 Å². The minimum Gasteiger partial charge on any atom is -0.314 e. The Labute approximate surface area is 131 Å². The Morgan fingerprint density at radius 1 is 1.00 bits per heavy atom.